The quantitative estimate of drug-likeness (QED) is 0.503. The topological polar surface area (TPSA) is 62.6 Å². The van der Waals surface area contributed by atoms with Crippen molar-refractivity contribution in [3.8, 4) is 0 Å². The highest BCUT2D eigenvalue weighted by Gasteiger charge is 2.31. The molecule has 1 aliphatic heterocycles. The number of rotatable bonds is 3. The number of hydrogen-bond donors (Lipinski definition) is 1. The summed E-state index contributed by atoms with van der Waals surface area (Å²) in [5, 5.41) is 2.66. The number of hydrogen-bond acceptors (Lipinski definition) is 4. The van der Waals surface area contributed by atoms with Crippen LogP contribution >= 0.6 is 12.2 Å². The van der Waals surface area contributed by atoms with Gasteiger partial charge in [-0.25, -0.2) is 0 Å². The molecule has 0 unspecified atom stereocenters. The molecule has 6 heteroatoms. The third kappa shape index (κ3) is 2.33. The summed E-state index contributed by atoms with van der Waals surface area (Å²) in [5.74, 6) is -0.798. The fourth-order valence-corrected chi connectivity index (χ4v) is 1.97. The Kier molecular flexibility index (Phi) is 3.57. The molecule has 1 N–H and O–H groups in total. The van der Waals surface area contributed by atoms with Crippen molar-refractivity contribution in [1.82, 2.24) is 10.2 Å². The van der Waals surface area contributed by atoms with E-state index in [1.54, 1.807) is 31.6 Å². The van der Waals surface area contributed by atoms with Crippen molar-refractivity contribution in [2.75, 3.05) is 6.54 Å². The minimum absolute atomic E-state index is 0.117. The van der Waals surface area contributed by atoms with E-state index in [1.165, 1.54) is 4.90 Å². The van der Waals surface area contributed by atoms with E-state index < -0.39 is 5.91 Å². The lowest BCUT2D eigenvalue weighted by Gasteiger charge is -2.27. The Labute approximate surface area is 109 Å². The second-order valence-corrected chi connectivity index (χ2v) is 4.15. The number of likely N-dealkylation sites (N-methyl/N-ethyl adjacent to an activating group) is 1. The SMILES string of the molecule is CCN1C(=O)/C(=C/Cc2ccoc2)C(=O)NC1=S. The van der Waals surface area contributed by atoms with Crippen LogP contribution < -0.4 is 5.32 Å². The second kappa shape index (κ2) is 5.14. The van der Waals surface area contributed by atoms with Crippen molar-refractivity contribution >= 4 is 29.1 Å². The van der Waals surface area contributed by atoms with Gasteiger partial charge in [0, 0.05) is 6.54 Å². The van der Waals surface area contributed by atoms with Crippen LogP contribution in [-0.4, -0.2) is 28.4 Å². The van der Waals surface area contributed by atoms with Crippen LogP contribution in [0.25, 0.3) is 0 Å². The highest BCUT2D eigenvalue weighted by Crippen LogP contribution is 2.11. The molecule has 0 aliphatic carbocycles. The standard InChI is InChI=1S/C12H12N2O3S/c1-2-14-11(16)9(10(15)13-12(14)18)4-3-8-5-6-17-7-8/h4-7H,2-3H2,1H3,(H,13,15,18)/b9-4+. The van der Waals surface area contributed by atoms with Gasteiger partial charge in [-0.1, -0.05) is 6.08 Å². The zero-order valence-corrected chi connectivity index (χ0v) is 10.6. The van der Waals surface area contributed by atoms with Gasteiger partial charge < -0.3 is 4.42 Å². The summed E-state index contributed by atoms with van der Waals surface area (Å²) in [6.45, 7) is 2.23. The fourth-order valence-electron chi connectivity index (χ4n) is 1.66. The van der Waals surface area contributed by atoms with E-state index in [2.05, 4.69) is 5.32 Å². The molecule has 0 spiro atoms. The molecular formula is C12H12N2O3S. The third-order valence-electron chi connectivity index (χ3n) is 2.62. The molecule has 0 aromatic carbocycles. The molecule has 2 heterocycles. The summed E-state index contributed by atoms with van der Waals surface area (Å²) >= 11 is 4.93. The van der Waals surface area contributed by atoms with Gasteiger partial charge in [0.05, 0.1) is 12.5 Å². The van der Waals surface area contributed by atoms with Gasteiger partial charge in [0.2, 0.25) is 0 Å². The van der Waals surface area contributed by atoms with E-state index in [9.17, 15) is 9.59 Å². The average molecular weight is 264 g/mol. The number of nitrogens with zero attached hydrogens (tertiary/aromatic N) is 1. The lowest BCUT2D eigenvalue weighted by Crippen LogP contribution is -2.53. The number of carbonyl (C=O) groups is 2. The van der Waals surface area contributed by atoms with Gasteiger partial charge in [0.15, 0.2) is 5.11 Å². The number of furan rings is 1. The first-order valence-corrected chi connectivity index (χ1v) is 5.92. The summed E-state index contributed by atoms with van der Waals surface area (Å²) in [5.41, 5.74) is 1.02. The Morgan fingerprint density at radius 1 is 1.50 bits per heavy atom. The van der Waals surface area contributed by atoms with Crippen LogP contribution in [0.2, 0.25) is 0 Å². The first kappa shape index (κ1) is 12.5. The molecule has 94 valence electrons. The van der Waals surface area contributed by atoms with E-state index in [1.807, 2.05) is 0 Å². The van der Waals surface area contributed by atoms with Crippen molar-refractivity contribution in [2.45, 2.75) is 13.3 Å². The normalized spacial score (nSPS) is 18.4. The lowest BCUT2D eigenvalue weighted by molar-refractivity contribution is -0.128. The van der Waals surface area contributed by atoms with E-state index >= 15 is 0 Å². The number of carbonyl (C=O) groups excluding carboxylic acids is 2. The Morgan fingerprint density at radius 3 is 2.89 bits per heavy atom. The molecule has 0 saturated carbocycles. The van der Waals surface area contributed by atoms with Gasteiger partial charge in [0.1, 0.15) is 5.57 Å². The highest BCUT2D eigenvalue weighted by molar-refractivity contribution is 7.80. The van der Waals surface area contributed by atoms with Crippen molar-refractivity contribution < 1.29 is 14.0 Å². The number of nitrogens with one attached hydrogen (secondary N) is 1. The molecule has 2 amide bonds. The molecule has 1 saturated heterocycles. The summed E-state index contributed by atoms with van der Waals surface area (Å²) < 4.78 is 4.92. The number of allylic oxidation sites excluding steroid dienone is 1. The molecule has 18 heavy (non-hydrogen) atoms. The zero-order chi connectivity index (χ0) is 13.1. The summed E-state index contributed by atoms with van der Waals surface area (Å²) in [7, 11) is 0. The van der Waals surface area contributed by atoms with Gasteiger partial charge in [-0.15, -0.1) is 0 Å². The summed E-state index contributed by atoms with van der Waals surface area (Å²) in [6, 6.07) is 1.78. The number of thiocarbonyl (C=S) groups is 1. The Balaban J connectivity index is 2.20. The van der Waals surface area contributed by atoms with Crippen molar-refractivity contribution in [3.63, 3.8) is 0 Å². The maximum absolute atomic E-state index is 12.0. The summed E-state index contributed by atoms with van der Waals surface area (Å²) in [4.78, 5) is 25.1. The fraction of sp³-hybridized carbons (Fsp3) is 0.250. The van der Waals surface area contributed by atoms with Gasteiger partial charge in [-0.05, 0) is 37.2 Å². The van der Waals surface area contributed by atoms with Crippen LogP contribution in [0.1, 0.15) is 12.5 Å². The summed E-state index contributed by atoms with van der Waals surface area (Å²) in [6.07, 6.45) is 5.18. The van der Waals surface area contributed by atoms with Crippen molar-refractivity contribution in [2.24, 2.45) is 0 Å². The van der Waals surface area contributed by atoms with Crippen LogP contribution in [0.3, 0.4) is 0 Å². The Morgan fingerprint density at radius 2 is 2.28 bits per heavy atom. The molecule has 1 aromatic rings. The molecule has 0 atom stereocenters. The molecule has 0 bridgehead atoms. The van der Waals surface area contributed by atoms with Gasteiger partial charge in [0.25, 0.3) is 11.8 Å². The van der Waals surface area contributed by atoms with Crippen LogP contribution in [0.5, 0.6) is 0 Å². The smallest absolute Gasteiger partial charge is 0.265 e. The van der Waals surface area contributed by atoms with E-state index in [0.29, 0.717) is 13.0 Å². The minimum atomic E-state index is -0.446. The third-order valence-corrected chi connectivity index (χ3v) is 2.95. The minimum Gasteiger partial charge on any atom is -0.472 e. The van der Waals surface area contributed by atoms with Crippen molar-refractivity contribution in [1.29, 1.82) is 0 Å². The van der Waals surface area contributed by atoms with Crippen LogP contribution in [0.15, 0.2) is 34.7 Å². The molecular weight excluding hydrogens is 252 g/mol. The predicted octanol–water partition coefficient (Wildman–Crippen LogP) is 1.01. The van der Waals surface area contributed by atoms with Crippen LogP contribution in [0, 0.1) is 0 Å². The zero-order valence-electron chi connectivity index (χ0n) is 9.80. The maximum Gasteiger partial charge on any atom is 0.265 e. The number of amides is 2. The molecule has 5 nitrogen and oxygen atoms in total. The van der Waals surface area contributed by atoms with E-state index in [4.69, 9.17) is 16.6 Å². The van der Waals surface area contributed by atoms with E-state index in [-0.39, 0.29) is 16.6 Å². The first-order chi connectivity index (χ1) is 8.63. The highest BCUT2D eigenvalue weighted by atomic mass is 32.1. The van der Waals surface area contributed by atoms with Crippen LogP contribution in [-0.2, 0) is 16.0 Å². The monoisotopic (exact) mass is 264 g/mol. The molecule has 1 aromatic heterocycles. The second-order valence-electron chi connectivity index (χ2n) is 3.76. The lowest BCUT2D eigenvalue weighted by atomic mass is 10.1. The van der Waals surface area contributed by atoms with Gasteiger partial charge in [-0.2, -0.15) is 0 Å². The van der Waals surface area contributed by atoms with Gasteiger partial charge in [-0.3, -0.25) is 19.8 Å². The predicted molar refractivity (Wildman–Crippen MR) is 68.6 cm³/mol. The first-order valence-electron chi connectivity index (χ1n) is 5.52. The molecule has 1 aliphatic rings. The maximum atomic E-state index is 12.0. The largest absolute Gasteiger partial charge is 0.472 e. The van der Waals surface area contributed by atoms with Crippen molar-refractivity contribution in [3.05, 3.63) is 35.8 Å². The Hall–Kier alpha value is -1.95. The molecule has 0 radical (unpaired) electrons. The molecule has 2 rings (SSSR count). The van der Waals surface area contributed by atoms with E-state index in [0.717, 1.165) is 5.56 Å². The van der Waals surface area contributed by atoms with Crippen LogP contribution in [0.4, 0.5) is 0 Å². The average Bonchev–Trinajstić information content (AvgIpc) is 2.81. The Bertz CT molecular complexity index is 519. The molecule has 1 fully saturated rings. The van der Waals surface area contributed by atoms with Gasteiger partial charge >= 0.3 is 0 Å².